The number of aromatic nitrogens is 3. The third-order valence-corrected chi connectivity index (χ3v) is 5.61. The number of nitrogens with zero attached hydrogens (tertiary/aromatic N) is 2. The molecule has 186 valence electrons. The standard InChI is InChI=1S/C25H21F2N3O6/c1-14-11-19(15(2)30(14)16-7-9-17(10-8-16)36-24(26)27)21(31)13-35-22(32)12-29-20-6-4-3-5-18(20)23(33)28-25(29)34/h3-11,24H,12-13H2,1-2H3,(H,28,33,34). The van der Waals surface area contributed by atoms with Crippen LogP contribution in [0.5, 0.6) is 5.75 Å². The highest BCUT2D eigenvalue weighted by molar-refractivity contribution is 5.99. The van der Waals surface area contributed by atoms with Crippen molar-refractivity contribution < 1.29 is 27.8 Å². The van der Waals surface area contributed by atoms with Gasteiger partial charge in [-0.2, -0.15) is 8.78 Å². The van der Waals surface area contributed by atoms with Crippen LogP contribution < -0.4 is 16.0 Å². The minimum atomic E-state index is -2.93. The Labute approximate surface area is 202 Å². The Balaban J connectivity index is 1.48. The van der Waals surface area contributed by atoms with Crippen LogP contribution in [0, 0.1) is 13.8 Å². The Morgan fingerprint density at radius 2 is 1.72 bits per heavy atom. The molecule has 0 spiro atoms. The van der Waals surface area contributed by atoms with Crippen molar-refractivity contribution in [3.05, 3.63) is 92.4 Å². The number of ketones is 1. The number of carbonyl (C=O) groups excluding carboxylic acids is 2. The van der Waals surface area contributed by atoms with Gasteiger partial charge >= 0.3 is 18.3 Å². The molecule has 4 aromatic rings. The Morgan fingerprint density at radius 1 is 1.03 bits per heavy atom. The fraction of sp³-hybridized carbons (Fsp3) is 0.200. The van der Waals surface area contributed by atoms with E-state index in [1.54, 1.807) is 48.7 Å². The number of alkyl halides is 2. The number of aryl methyl sites for hydroxylation is 1. The largest absolute Gasteiger partial charge is 0.456 e. The number of esters is 1. The Kier molecular flexibility index (Phi) is 6.82. The van der Waals surface area contributed by atoms with E-state index in [0.29, 0.717) is 22.6 Å². The SMILES string of the molecule is Cc1cc(C(=O)COC(=O)Cn2c(=O)[nH]c(=O)c3ccccc32)c(C)n1-c1ccc(OC(F)F)cc1. The molecule has 0 atom stereocenters. The molecule has 2 aromatic heterocycles. The highest BCUT2D eigenvalue weighted by atomic mass is 19.3. The maximum Gasteiger partial charge on any atom is 0.387 e. The monoisotopic (exact) mass is 497 g/mol. The smallest absolute Gasteiger partial charge is 0.387 e. The Morgan fingerprint density at radius 3 is 2.42 bits per heavy atom. The van der Waals surface area contributed by atoms with Crippen LogP contribution in [0.1, 0.15) is 21.7 Å². The molecule has 0 aliphatic heterocycles. The van der Waals surface area contributed by atoms with Gasteiger partial charge in [0, 0.05) is 22.6 Å². The van der Waals surface area contributed by atoms with Crippen molar-refractivity contribution in [3.8, 4) is 11.4 Å². The second kappa shape index (κ2) is 9.98. The summed E-state index contributed by atoms with van der Waals surface area (Å²) in [5.41, 5.74) is 1.15. The number of fused-ring (bicyclic) bond motifs is 1. The summed E-state index contributed by atoms with van der Waals surface area (Å²) in [6, 6.07) is 13.9. The van der Waals surface area contributed by atoms with Gasteiger partial charge in [-0.1, -0.05) is 12.1 Å². The molecule has 0 saturated carbocycles. The number of Topliss-reactive ketones (excluding diaryl/α,β-unsaturated/α-hetero) is 1. The lowest BCUT2D eigenvalue weighted by molar-refractivity contribution is -0.143. The van der Waals surface area contributed by atoms with E-state index >= 15 is 0 Å². The number of aromatic amines is 1. The third-order valence-electron chi connectivity index (χ3n) is 5.61. The van der Waals surface area contributed by atoms with Gasteiger partial charge in [0.15, 0.2) is 6.61 Å². The molecule has 11 heteroatoms. The summed E-state index contributed by atoms with van der Waals surface area (Å²) in [6.07, 6.45) is 0. The predicted molar refractivity (Wildman–Crippen MR) is 126 cm³/mol. The molecule has 0 radical (unpaired) electrons. The van der Waals surface area contributed by atoms with Crippen LogP contribution in [0.2, 0.25) is 0 Å². The van der Waals surface area contributed by atoms with Crippen LogP contribution >= 0.6 is 0 Å². The number of rotatable bonds is 8. The highest BCUT2D eigenvalue weighted by Crippen LogP contribution is 2.24. The Hall–Kier alpha value is -4.54. The minimum absolute atomic E-state index is 0.00815. The molecule has 0 bridgehead atoms. The fourth-order valence-corrected chi connectivity index (χ4v) is 4.02. The van der Waals surface area contributed by atoms with Gasteiger partial charge in [0.2, 0.25) is 5.78 Å². The molecular weight excluding hydrogens is 476 g/mol. The number of ether oxygens (including phenoxy) is 2. The predicted octanol–water partition coefficient (Wildman–Crippen LogP) is 3.12. The molecule has 2 heterocycles. The lowest BCUT2D eigenvalue weighted by Gasteiger charge is -2.11. The van der Waals surface area contributed by atoms with E-state index < -0.39 is 42.8 Å². The van der Waals surface area contributed by atoms with Gasteiger partial charge in [-0.3, -0.25) is 23.9 Å². The molecular formula is C25H21F2N3O6. The van der Waals surface area contributed by atoms with E-state index in [9.17, 15) is 28.0 Å². The quantitative estimate of drug-likeness (QED) is 0.296. The normalized spacial score (nSPS) is 11.1. The average Bonchev–Trinajstić information content (AvgIpc) is 3.14. The summed E-state index contributed by atoms with van der Waals surface area (Å²) in [7, 11) is 0. The summed E-state index contributed by atoms with van der Waals surface area (Å²) >= 11 is 0. The van der Waals surface area contributed by atoms with Crippen LogP contribution in [-0.2, 0) is 16.1 Å². The maximum atomic E-state index is 12.8. The fourth-order valence-electron chi connectivity index (χ4n) is 4.02. The second-order valence-electron chi connectivity index (χ2n) is 7.94. The molecule has 1 N–H and O–H groups in total. The van der Waals surface area contributed by atoms with E-state index in [2.05, 4.69) is 9.72 Å². The molecule has 0 saturated heterocycles. The first-order chi connectivity index (χ1) is 17.2. The van der Waals surface area contributed by atoms with Crippen LogP contribution in [-0.4, -0.2) is 39.1 Å². The average molecular weight is 497 g/mol. The van der Waals surface area contributed by atoms with Crippen molar-refractivity contribution in [1.29, 1.82) is 0 Å². The molecule has 0 fully saturated rings. The molecule has 0 unspecified atom stereocenters. The lowest BCUT2D eigenvalue weighted by atomic mass is 10.1. The number of hydrogen-bond donors (Lipinski definition) is 1. The van der Waals surface area contributed by atoms with Gasteiger partial charge < -0.3 is 14.0 Å². The zero-order valence-electron chi connectivity index (χ0n) is 19.3. The van der Waals surface area contributed by atoms with Crippen LogP contribution in [0.25, 0.3) is 16.6 Å². The maximum absolute atomic E-state index is 12.8. The number of carbonyl (C=O) groups is 2. The van der Waals surface area contributed by atoms with Crippen LogP contribution in [0.3, 0.4) is 0 Å². The van der Waals surface area contributed by atoms with E-state index in [1.165, 1.54) is 24.3 Å². The number of para-hydroxylation sites is 1. The summed E-state index contributed by atoms with van der Waals surface area (Å²) in [5, 5.41) is 0.238. The lowest BCUT2D eigenvalue weighted by Crippen LogP contribution is -2.33. The zero-order chi connectivity index (χ0) is 26.0. The van der Waals surface area contributed by atoms with Gasteiger partial charge in [-0.25, -0.2) is 4.79 Å². The first-order valence-electron chi connectivity index (χ1n) is 10.8. The minimum Gasteiger partial charge on any atom is -0.456 e. The first-order valence-corrected chi connectivity index (χ1v) is 10.8. The molecule has 0 amide bonds. The van der Waals surface area contributed by atoms with Gasteiger partial charge in [-0.15, -0.1) is 0 Å². The number of halogens is 2. The second-order valence-corrected chi connectivity index (χ2v) is 7.94. The van der Waals surface area contributed by atoms with E-state index in [4.69, 9.17) is 4.74 Å². The van der Waals surface area contributed by atoms with Crippen LogP contribution in [0.4, 0.5) is 8.78 Å². The molecule has 4 rings (SSSR count). The summed E-state index contributed by atoms with van der Waals surface area (Å²) in [6.45, 7) is -0.500. The summed E-state index contributed by atoms with van der Waals surface area (Å²) in [4.78, 5) is 51.6. The topological polar surface area (TPSA) is 112 Å². The molecule has 0 aliphatic carbocycles. The van der Waals surface area contributed by atoms with Crippen molar-refractivity contribution in [2.75, 3.05) is 6.61 Å². The van der Waals surface area contributed by atoms with Gasteiger partial charge in [0.25, 0.3) is 5.56 Å². The van der Waals surface area contributed by atoms with Crippen molar-refractivity contribution in [3.63, 3.8) is 0 Å². The molecule has 36 heavy (non-hydrogen) atoms. The van der Waals surface area contributed by atoms with Crippen molar-refractivity contribution in [2.45, 2.75) is 27.0 Å². The van der Waals surface area contributed by atoms with Gasteiger partial charge in [0.05, 0.1) is 10.9 Å². The Bertz CT molecular complexity index is 1570. The zero-order valence-corrected chi connectivity index (χ0v) is 19.3. The summed E-state index contributed by atoms with van der Waals surface area (Å²) < 4.78 is 37.1. The van der Waals surface area contributed by atoms with E-state index in [0.717, 1.165) is 4.57 Å². The van der Waals surface area contributed by atoms with Crippen molar-refractivity contribution in [2.24, 2.45) is 0 Å². The number of nitrogens with one attached hydrogen (secondary N) is 1. The van der Waals surface area contributed by atoms with E-state index in [1.807, 2.05) is 0 Å². The van der Waals surface area contributed by atoms with Gasteiger partial charge in [0.1, 0.15) is 12.3 Å². The first kappa shape index (κ1) is 24.6. The highest BCUT2D eigenvalue weighted by Gasteiger charge is 2.19. The van der Waals surface area contributed by atoms with Crippen molar-refractivity contribution in [1.82, 2.24) is 14.1 Å². The molecule has 0 aliphatic rings. The third kappa shape index (κ3) is 4.95. The number of benzene rings is 2. The summed E-state index contributed by atoms with van der Waals surface area (Å²) in [5.74, 6) is -1.28. The molecule has 2 aromatic carbocycles. The number of hydrogen-bond acceptors (Lipinski definition) is 6. The number of H-pyrrole nitrogens is 1. The van der Waals surface area contributed by atoms with Crippen LogP contribution in [0.15, 0.2) is 64.2 Å². The molecule has 9 nitrogen and oxygen atoms in total. The van der Waals surface area contributed by atoms with E-state index in [-0.39, 0.29) is 16.7 Å². The van der Waals surface area contributed by atoms with Gasteiger partial charge in [-0.05, 0) is 56.3 Å². The van der Waals surface area contributed by atoms with Crippen molar-refractivity contribution >= 4 is 22.7 Å².